The molecule has 1 saturated carbocycles. The van der Waals surface area contributed by atoms with Crippen molar-refractivity contribution in [2.75, 3.05) is 11.9 Å². The van der Waals surface area contributed by atoms with E-state index in [2.05, 4.69) is 10.6 Å². The lowest BCUT2D eigenvalue weighted by Crippen LogP contribution is -2.34. The number of hydrogen-bond donors (Lipinski definition) is 3. The molecule has 2 atom stereocenters. The summed E-state index contributed by atoms with van der Waals surface area (Å²) in [5, 5.41) is 6.04. The number of nitrogens with one attached hydrogen (secondary N) is 2. The van der Waals surface area contributed by atoms with Crippen LogP contribution in [0.25, 0.3) is 0 Å². The topological polar surface area (TPSA) is 84.2 Å². The Balaban J connectivity index is 0.00000312. The van der Waals surface area contributed by atoms with Gasteiger partial charge in [0.05, 0.1) is 10.6 Å². The molecule has 140 valence electrons. The molecule has 4 N–H and O–H groups in total. The molecule has 0 spiro atoms. The highest BCUT2D eigenvalue weighted by Crippen LogP contribution is 2.26. The molecule has 1 aliphatic carbocycles. The van der Waals surface area contributed by atoms with Gasteiger partial charge in [0.25, 0.3) is 5.91 Å². The normalized spacial score (nSPS) is 19.9. The fourth-order valence-corrected chi connectivity index (χ4v) is 3.15. The number of rotatable bonds is 5. The predicted molar refractivity (Wildman–Crippen MR) is 104 cm³/mol. The first kappa shape index (κ1) is 21.7. The highest BCUT2D eigenvalue weighted by molar-refractivity contribution is 6.34. The van der Waals surface area contributed by atoms with E-state index in [1.165, 1.54) is 0 Å². The van der Waals surface area contributed by atoms with Crippen molar-refractivity contribution in [2.24, 2.45) is 17.6 Å². The number of anilines is 1. The van der Waals surface area contributed by atoms with Crippen molar-refractivity contribution in [2.45, 2.75) is 45.6 Å². The zero-order valence-corrected chi connectivity index (χ0v) is 16.3. The molecule has 5 nitrogen and oxygen atoms in total. The Bertz CT molecular complexity index is 608. The number of benzene rings is 1. The van der Waals surface area contributed by atoms with Crippen LogP contribution in [-0.2, 0) is 4.79 Å². The summed E-state index contributed by atoms with van der Waals surface area (Å²) in [6, 6.07) is 5.06. The van der Waals surface area contributed by atoms with E-state index in [4.69, 9.17) is 17.3 Å². The van der Waals surface area contributed by atoms with E-state index in [0.717, 1.165) is 25.7 Å². The van der Waals surface area contributed by atoms with Gasteiger partial charge in [-0.1, -0.05) is 31.9 Å². The van der Waals surface area contributed by atoms with Gasteiger partial charge in [-0.2, -0.15) is 0 Å². The molecule has 0 saturated heterocycles. The van der Waals surface area contributed by atoms with Crippen molar-refractivity contribution in [1.29, 1.82) is 0 Å². The van der Waals surface area contributed by atoms with E-state index >= 15 is 0 Å². The highest BCUT2D eigenvalue weighted by Gasteiger charge is 2.25. The molecule has 7 heteroatoms. The minimum atomic E-state index is -0.204. The zero-order valence-electron chi connectivity index (χ0n) is 14.7. The summed E-state index contributed by atoms with van der Waals surface area (Å²) < 4.78 is 0. The Morgan fingerprint density at radius 3 is 2.64 bits per heavy atom. The van der Waals surface area contributed by atoms with Crippen LogP contribution >= 0.6 is 24.0 Å². The third-order valence-corrected chi connectivity index (χ3v) is 4.55. The zero-order chi connectivity index (χ0) is 17.7. The first-order chi connectivity index (χ1) is 11.4. The molecule has 2 amide bonds. The third kappa shape index (κ3) is 6.49. The van der Waals surface area contributed by atoms with Crippen LogP contribution < -0.4 is 16.4 Å². The summed E-state index contributed by atoms with van der Waals surface area (Å²) >= 11 is 6.20. The number of amides is 2. The van der Waals surface area contributed by atoms with E-state index in [0.29, 0.717) is 28.7 Å². The van der Waals surface area contributed by atoms with Crippen molar-refractivity contribution >= 4 is 41.5 Å². The summed E-state index contributed by atoms with van der Waals surface area (Å²) in [7, 11) is 0. The summed E-state index contributed by atoms with van der Waals surface area (Å²) in [6.07, 6.45) is 3.54. The monoisotopic (exact) mass is 387 g/mol. The van der Waals surface area contributed by atoms with Crippen LogP contribution in [0.3, 0.4) is 0 Å². The maximum absolute atomic E-state index is 12.3. The van der Waals surface area contributed by atoms with Crippen LogP contribution in [0.5, 0.6) is 0 Å². The van der Waals surface area contributed by atoms with Gasteiger partial charge >= 0.3 is 0 Å². The lowest BCUT2D eigenvalue weighted by Gasteiger charge is -2.25. The Morgan fingerprint density at radius 2 is 2.04 bits per heavy atom. The van der Waals surface area contributed by atoms with Crippen LogP contribution in [0, 0.1) is 11.8 Å². The van der Waals surface area contributed by atoms with Gasteiger partial charge in [-0.25, -0.2) is 0 Å². The van der Waals surface area contributed by atoms with E-state index in [1.807, 2.05) is 13.8 Å². The summed E-state index contributed by atoms with van der Waals surface area (Å²) in [5.74, 6) is 0.0813. The quantitative estimate of drug-likeness (QED) is 0.721. The molecule has 2 unspecified atom stereocenters. The van der Waals surface area contributed by atoms with Gasteiger partial charge in [-0.3, -0.25) is 9.59 Å². The van der Waals surface area contributed by atoms with Crippen molar-refractivity contribution in [3.8, 4) is 0 Å². The maximum atomic E-state index is 12.3. The van der Waals surface area contributed by atoms with Crippen LogP contribution in [-0.4, -0.2) is 24.4 Å². The Morgan fingerprint density at radius 1 is 1.32 bits per heavy atom. The molecule has 2 rings (SSSR count). The van der Waals surface area contributed by atoms with Gasteiger partial charge < -0.3 is 16.4 Å². The molecule has 1 aromatic carbocycles. The molecule has 1 fully saturated rings. The van der Waals surface area contributed by atoms with E-state index in [-0.39, 0.29) is 36.2 Å². The van der Waals surface area contributed by atoms with E-state index in [9.17, 15) is 9.59 Å². The van der Waals surface area contributed by atoms with E-state index < -0.39 is 0 Å². The van der Waals surface area contributed by atoms with Gasteiger partial charge in [-0.05, 0) is 43.4 Å². The Labute approximate surface area is 160 Å². The molecule has 1 aliphatic rings. The number of hydrogen-bond acceptors (Lipinski definition) is 3. The Hall–Kier alpha value is -1.30. The smallest absolute Gasteiger partial charge is 0.252 e. The van der Waals surface area contributed by atoms with Crippen LogP contribution in [0.15, 0.2) is 18.2 Å². The van der Waals surface area contributed by atoms with Crippen molar-refractivity contribution in [3.63, 3.8) is 0 Å². The molecular formula is C18H27Cl2N3O2. The second-order valence-corrected chi connectivity index (χ2v) is 7.32. The first-order valence-corrected chi connectivity index (χ1v) is 8.88. The van der Waals surface area contributed by atoms with Gasteiger partial charge in [-0.15, -0.1) is 12.4 Å². The van der Waals surface area contributed by atoms with E-state index in [1.54, 1.807) is 18.2 Å². The average Bonchev–Trinajstić information content (AvgIpc) is 2.52. The fraction of sp³-hybridized carbons (Fsp3) is 0.556. The summed E-state index contributed by atoms with van der Waals surface area (Å²) in [6.45, 7) is 4.64. The largest absolute Gasteiger partial charge is 0.352 e. The lowest BCUT2D eigenvalue weighted by atomic mass is 9.85. The second-order valence-electron chi connectivity index (χ2n) is 6.91. The van der Waals surface area contributed by atoms with Crippen LogP contribution in [0.2, 0.25) is 5.02 Å². The van der Waals surface area contributed by atoms with Crippen LogP contribution in [0.4, 0.5) is 5.69 Å². The molecule has 0 bridgehead atoms. The van der Waals surface area contributed by atoms with Crippen molar-refractivity contribution in [3.05, 3.63) is 28.8 Å². The first-order valence-electron chi connectivity index (χ1n) is 8.51. The van der Waals surface area contributed by atoms with Gasteiger partial charge in [0.15, 0.2) is 0 Å². The minimum absolute atomic E-state index is 0. The molecule has 0 aliphatic heterocycles. The average molecular weight is 388 g/mol. The fourth-order valence-electron chi connectivity index (χ4n) is 2.88. The predicted octanol–water partition coefficient (Wildman–Crippen LogP) is 3.60. The molecule has 0 heterocycles. The summed E-state index contributed by atoms with van der Waals surface area (Å²) in [5.41, 5.74) is 6.95. The number of carbonyl (C=O) groups is 2. The highest BCUT2D eigenvalue weighted by atomic mass is 35.5. The molecule has 0 radical (unpaired) electrons. The standard InChI is InChI=1S/C18H26ClN3O2.ClH/c1-11(2)10-21-18(24)15-7-6-14(9-16(15)19)22-17(23)12-4-3-5-13(20)8-12;/h6-7,9,11-13H,3-5,8,10,20H2,1-2H3,(H,21,24)(H,22,23);1H. The maximum Gasteiger partial charge on any atom is 0.252 e. The Kier molecular flexibility index (Phi) is 8.69. The number of halogens is 2. The minimum Gasteiger partial charge on any atom is -0.352 e. The second kappa shape index (κ2) is 10.00. The SMILES string of the molecule is CC(C)CNC(=O)c1ccc(NC(=O)C2CCCC(N)C2)cc1Cl.Cl. The van der Waals surface area contributed by atoms with Gasteiger partial charge in [0.1, 0.15) is 0 Å². The molecular weight excluding hydrogens is 361 g/mol. The number of nitrogens with two attached hydrogens (primary N) is 1. The lowest BCUT2D eigenvalue weighted by molar-refractivity contribution is -0.120. The van der Waals surface area contributed by atoms with Crippen molar-refractivity contribution in [1.82, 2.24) is 5.32 Å². The molecule has 1 aromatic rings. The van der Waals surface area contributed by atoms with Gasteiger partial charge in [0.2, 0.25) is 5.91 Å². The third-order valence-electron chi connectivity index (χ3n) is 4.24. The molecule has 0 aromatic heterocycles. The number of carbonyl (C=O) groups excluding carboxylic acids is 2. The summed E-state index contributed by atoms with van der Waals surface area (Å²) in [4.78, 5) is 24.4. The molecule has 25 heavy (non-hydrogen) atoms. The van der Waals surface area contributed by atoms with Gasteiger partial charge in [0, 0.05) is 24.2 Å². The van der Waals surface area contributed by atoms with Crippen LogP contribution in [0.1, 0.15) is 49.9 Å². The van der Waals surface area contributed by atoms with Crippen molar-refractivity contribution < 1.29 is 9.59 Å².